The maximum Gasteiger partial charge on any atom is 0.306 e. The highest BCUT2D eigenvalue weighted by molar-refractivity contribution is 5.78. The van der Waals surface area contributed by atoms with E-state index in [0.29, 0.717) is 25.8 Å². The minimum absolute atomic E-state index is 0.0336. The molecule has 1 aliphatic rings. The van der Waals surface area contributed by atoms with Gasteiger partial charge in [-0.3, -0.25) is 9.59 Å². The molecule has 0 aromatic heterocycles. The van der Waals surface area contributed by atoms with Crippen LogP contribution in [0, 0.1) is 5.92 Å². The number of aliphatic carboxylic acids is 1. The lowest BCUT2D eigenvalue weighted by Crippen LogP contribution is -2.21. The van der Waals surface area contributed by atoms with E-state index in [2.05, 4.69) is 5.32 Å². The van der Waals surface area contributed by atoms with Crippen molar-refractivity contribution in [1.82, 2.24) is 5.32 Å². The molecular weight excluding hydrogens is 146 g/mol. The van der Waals surface area contributed by atoms with Crippen molar-refractivity contribution in [1.29, 1.82) is 0 Å². The second kappa shape index (κ2) is 3.37. The number of hydrogen-bond donors (Lipinski definition) is 2. The fourth-order valence-corrected chi connectivity index (χ4v) is 1.17. The maximum absolute atomic E-state index is 10.7. The highest BCUT2D eigenvalue weighted by Gasteiger charge is 2.21. The van der Waals surface area contributed by atoms with Gasteiger partial charge < -0.3 is 10.4 Å². The normalized spacial score (nSPS) is 25.5. The van der Waals surface area contributed by atoms with E-state index in [-0.39, 0.29) is 11.8 Å². The largest absolute Gasteiger partial charge is 0.481 e. The molecule has 1 aliphatic heterocycles. The Hall–Kier alpha value is -1.06. The van der Waals surface area contributed by atoms with Crippen molar-refractivity contribution >= 4 is 11.9 Å². The van der Waals surface area contributed by atoms with E-state index in [9.17, 15) is 9.59 Å². The Morgan fingerprint density at radius 1 is 1.55 bits per heavy atom. The Labute approximate surface area is 64.6 Å². The van der Waals surface area contributed by atoms with Crippen molar-refractivity contribution in [3.63, 3.8) is 0 Å². The van der Waals surface area contributed by atoms with E-state index in [4.69, 9.17) is 5.11 Å². The van der Waals surface area contributed by atoms with Gasteiger partial charge in [-0.1, -0.05) is 0 Å². The molecule has 0 aromatic carbocycles. The Kier molecular flexibility index (Phi) is 2.46. The fraction of sp³-hybridized carbons (Fsp3) is 0.714. The van der Waals surface area contributed by atoms with E-state index in [0.717, 1.165) is 0 Å². The van der Waals surface area contributed by atoms with Crippen LogP contribution in [0.3, 0.4) is 0 Å². The molecule has 0 aliphatic carbocycles. The first-order valence-corrected chi connectivity index (χ1v) is 3.69. The third-order valence-electron chi connectivity index (χ3n) is 1.88. The first-order chi connectivity index (χ1) is 5.20. The van der Waals surface area contributed by atoms with Gasteiger partial charge in [-0.15, -0.1) is 0 Å². The van der Waals surface area contributed by atoms with Gasteiger partial charge in [0.1, 0.15) is 0 Å². The highest BCUT2D eigenvalue weighted by Crippen LogP contribution is 2.13. The Bertz CT molecular complexity index is 179. The fourth-order valence-electron chi connectivity index (χ4n) is 1.17. The summed E-state index contributed by atoms with van der Waals surface area (Å²) in [6.45, 7) is 0.496. The van der Waals surface area contributed by atoms with Crippen LogP contribution in [0.25, 0.3) is 0 Å². The first-order valence-electron chi connectivity index (χ1n) is 3.69. The molecular formula is C7H11NO3. The number of rotatable bonds is 1. The molecule has 0 bridgehead atoms. The predicted octanol–water partition coefficient (Wildman–Crippen LogP) is -0.0127. The van der Waals surface area contributed by atoms with Crippen molar-refractivity contribution in [3.05, 3.63) is 0 Å². The molecule has 0 spiro atoms. The first kappa shape index (κ1) is 8.04. The minimum Gasteiger partial charge on any atom is -0.481 e. The Morgan fingerprint density at radius 3 is 2.91 bits per heavy atom. The van der Waals surface area contributed by atoms with Gasteiger partial charge in [0.2, 0.25) is 5.91 Å². The number of carbonyl (C=O) groups is 2. The van der Waals surface area contributed by atoms with Gasteiger partial charge in [0, 0.05) is 13.0 Å². The predicted molar refractivity (Wildman–Crippen MR) is 38.0 cm³/mol. The minimum atomic E-state index is -0.790. The molecule has 4 heteroatoms. The number of amides is 1. The van der Waals surface area contributed by atoms with Crippen LogP contribution in [0.2, 0.25) is 0 Å². The van der Waals surface area contributed by atoms with Crippen LogP contribution in [0.1, 0.15) is 19.3 Å². The standard InChI is InChI=1S/C7H11NO3/c9-6-2-1-5(7(10)11)3-4-8-6/h5H,1-4H2,(H,8,9)(H,10,11). The van der Waals surface area contributed by atoms with Gasteiger partial charge in [0.25, 0.3) is 0 Å². The number of nitrogens with one attached hydrogen (secondary N) is 1. The lowest BCUT2D eigenvalue weighted by molar-refractivity contribution is -0.142. The molecule has 1 atom stereocenters. The maximum atomic E-state index is 10.7. The van der Waals surface area contributed by atoms with E-state index < -0.39 is 5.97 Å². The zero-order valence-corrected chi connectivity index (χ0v) is 6.17. The molecule has 0 radical (unpaired) electrons. The van der Waals surface area contributed by atoms with Crippen LogP contribution in [0.5, 0.6) is 0 Å². The number of carboxylic acids is 1. The van der Waals surface area contributed by atoms with E-state index in [1.54, 1.807) is 0 Å². The molecule has 1 rings (SSSR count). The summed E-state index contributed by atoms with van der Waals surface area (Å²) in [6.07, 6.45) is 1.37. The number of carbonyl (C=O) groups excluding carboxylic acids is 1. The number of carboxylic acid groups (broad SMARTS) is 1. The number of hydrogen-bond acceptors (Lipinski definition) is 2. The van der Waals surface area contributed by atoms with E-state index in [1.165, 1.54) is 0 Å². The van der Waals surface area contributed by atoms with Crippen molar-refractivity contribution in [2.45, 2.75) is 19.3 Å². The van der Waals surface area contributed by atoms with E-state index in [1.807, 2.05) is 0 Å². The molecule has 11 heavy (non-hydrogen) atoms. The SMILES string of the molecule is O=C1CCC(C(=O)O)CCN1. The topological polar surface area (TPSA) is 66.4 Å². The molecule has 4 nitrogen and oxygen atoms in total. The highest BCUT2D eigenvalue weighted by atomic mass is 16.4. The van der Waals surface area contributed by atoms with Crippen molar-refractivity contribution in [2.24, 2.45) is 5.92 Å². The average Bonchev–Trinajstić information content (AvgIpc) is 2.13. The van der Waals surface area contributed by atoms with Crippen LogP contribution in [-0.2, 0) is 9.59 Å². The summed E-state index contributed by atoms with van der Waals surface area (Å²) in [5, 5.41) is 11.2. The summed E-state index contributed by atoms with van der Waals surface area (Å²) in [5.41, 5.74) is 0. The van der Waals surface area contributed by atoms with Crippen LogP contribution in [0.4, 0.5) is 0 Å². The molecule has 1 amide bonds. The van der Waals surface area contributed by atoms with Crippen molar-refractivity contribution in [3.8, 4) is 0 Å². The lowest BCUT2D eigenvalue weighted by Gasteiger charge is -2.04. The third-order valence-corrected chi connectivity index (χ3v) is 1.88. The zero-order chi connectivity index (χ0) is 8.27. The third kappa shape index (κ3) is 2.22. The summed E-state index contributed by atoms with van der Waals surface area (Å²) >= 11 is 0. The van der Waals surface area contributed by atoms with Gasteiger partial charge in [-0.25, -0.2) is 0 Å². The molecule has 2 N–H and O–H groups in total. The van der Waals surface area contributed by atoms with Gasteiger partial charge >= 0.3 is 5.97 Å². The summed E-state index contributed by atoms with van der Waals surface area (Å²) in [4.78, 5) is 21.2. The van der Waals surface area contributed by atoms with Crippen LogP contribution < -0.4 is 5.32 Å². The van der Waals surface area contributed by atoms with Crippen molar-refractivity contribution < 1.29 is 14.7 Å². The van der Waals surface area contributed by atoms with Crippen molar-refractivity contribution in [2.75, 3.05) is 6.54 Å². The monoisotopic (exact) mass is 157 g/mol. The van der Waals surface area contributed by atoms with Gasteiger partial charge in [0.05, 0.1) is 5.92 Å². The zero-order valence-electron chi connectivity index (χ0n) is 6.17. The van der Waals surface area contributed by atoms with Crippen LogP contribution in [-0.4, -0.2) is 23.5 Å². The van der Waals surface area contributed by atoms with E-state index >= 15 is 0 Å². The summed E-state index contributed by atoms with van der Waals surface area (Å²) < 4.78 is 0. The average molecular weight is 157 g/mol. The quantitative estimate of drug-likeness (QED) is 0.562. The summed E-state index contributed by atoms with van der Waals surface area (Å²) in [7, 11) is 0. The smallest absolute Gasteiger partial charge is 0.306 e. The molecule has 0 aromatic rings. The van der Waals surface area contributed by atoms with Gasteiger partial charge in [0.15, 0.2) is 0 Å². The second-order valence-electron chi connectivity index (χ2n) is 2.71. The Morgan fingerprint density at radius 2 is 2.27 bits per heavy atom. The Balaban J connectivity index is 2.46. The molecule has 1 heterocycles. The van der Waals surface area contributed by atoms with Crippen LogP contribution in [0.15, 0.2) is 0 Å². The molecule has 1 fully saturated rings. The van der Waals surface area contributed by atoms with Gasteiger partial charge in [-0.2, -0.15) is 0 Å². The molecule has 1 saturated heterocycles. The molecule has 1 unspecified atom stereocenters. The van der Waals surface area contributed by atoms with Gasteiger partial charge in [-0.05, 0) is 12.8 Å². The van der Waals surface area contributed by atoms with Crippen LogP contribution >= 0.6 is 0 Å². The summed E-state index contributed by atoms with van der Waals surface area (Å²) in [5.74, 6) is -1.16. The lowest BCUT2D eigenvalue weighted by atomic mass is 10.0. The summed E-state index contributed by atoms with van der Waals surface area (Å²) in [6, 6.07) is 0. The molecule has 0 saturated carbocycles. The second-order valence-corrected chi connectivity index (χ2v) is 2.71. The molecule has 62 valence electrons.